The van der Waals surface area contributed by atoms with Crippen LogP contribution in [0.4, 0.5) is 0 Å². The van der Waals surface area contributed by atoms with Crippen LogP contribution in [0, 0.1) is 6.92 Å². The van der Waals surface area contributed by atoms with Crippen molar-refractivity contribution in [3.05, 3.63) is 71.0 Å². The van der Waals surface area contributed by atoms with Crippen molar-refractivity contribution in [3.8, 4) is 0 Å². The number of rotatable bonds is 10. The molecule has 0 unspecified atom stereocenters. The highest BCUT2D eigenvalue weighted by Crippen LogP contribution is 2.24. The van der Waals surface area contributed by atoms with Gasteiger partial charge >= 0.3 is 5.97 Å². The summed E-state index contributed by atoms with van der Waals surface area (Å²) < 4.78 is 5.13. The first kappa shape index (κ1) is 25.6. The molecule has 2 heterocycles. The van der Waals surface area contributed by atoms with Crippen molar-refractivity contribution < 1.29 is 14.3 Å². The molecule has 0 bridgehead atoms. The zero-order valence-corrected chi connectivity index (χ0v) is 20.2. The summed E-state index contributed by atoms with van der Waals surface area (Å²) in [6.07, 6.45) is 8.25. The highest BCUT2D eigenvalue weighted by molar-refractivity contribution is 5.93. The molecule has 9 nitrogen and oxygen atoms in total. The van der Waals surface area contributed by atoms with Crippen molar-refractivity contribution in [2.75, 3.05) is 46.4 Å². The van der Waals surface area contributed by atoms with Gasteiger partial charge in [-0.05, 0) is 42.2 Å². The number of allylic oxidation sites excluding steroid dienone is 3. The highest BCUT2D eigenvalue weighted by Gasteiger charge is 2.24. The molecule has 3 rings (SSSR count). The fourth-order valence-corrected chi connectivity index (χ4v) is 4.17. The van der Waals surface area contributed by atoms with Gasteiger partial charge in [-0.3, -0.25) is 15.5 Å². The number of ether oxygens (including phenoxy) is 1. The maximum absolute atomic E-state index is 12.8. The zero-order chi connectivity index (χ0) is 24.7. The fraction of sp³-hybridized carbons (Fsp3) is 0.440. The van der Waals surface area contributed by atoms with Crippen LogP contribution in [0.3, 0.4) is 0 Å². The molecule has 0 aliphatic carbocycles. The number of esters is 1. The predicted octanol–water partition coefficient (Wildman–Crippen LogP) is 1.31. The Morgan fingerprint density at radius 3 is 2.65 bits per heavy atom. The molecule has 9 heteroatoms. The number of carbonyl (C=O) groups is 2. The quantitative estimate of drug-likeness (QED) is 0.174. The van der Waals surface area contributed by atoms with E-state index in [9.17, 15) is 9.59 Å². The Labute approximate surface area is 201 Å². The molecule has 0 aromatic heterocycles. The van der Waals surface area contributed by atoms with E-state index in [2.05, 4.69) is 17.5 Å². The lowest BCUT2D eigenvalue weighted by atomic mass is 9.98. The Balaban J connectivity index is 1.45. The standard InChI is InChI=1S/C25H36N6O3/c1-4-20(6-5-8-31(27)18-28(3)26)15-24(32)30-12-10-29(11-13-30)9-7-21-16-22-17-34-25(33)23(22)14-19(21)2/h4-6,8,14,16H,1,7,9-13,15,17-18,26-27H2,2-3H3/b8-5+,20-6+. The lowest BCUT2D eigenvalue weighted by Gasteiger charge is -2.35. The molecule has 34 heavy (non-hydrogen) atoms. The fourth-order valence-electron chi connectivity index (χ4n) is 4.17. The number of nitrogens with zero attached hydrogens (tertiary/aromatic N) is 4. The first-order valence-corrected chi connectivity index (χ1v) is 11.5. The minimum absolute atomic E-state index is 0.102. The summed E-state index contributed by atoms with van der Waals surface area (Å²) in [5, 5.41) is 2.92. The van der Waals surface area contributed by atoms with Gasteiger partial charge < -0.3 is 14.6 Å². The molecule has 1 fully saturated rings. The summed E-state index contributed by atoms with van der Waals surface area (Å²) in [7, 11) is 1.73. The second-order valence-electron chi connectivity index (χ2n) is 8.86. The van der Waals surface area contributed by atoms with Gasteiger partial charge in [0.05, 0.1) is 18.7 Å². The number of hydrazine groups is 2. The number of piperazine rings is 1. The lowest BCUT2D eigenvalue weighted by Crippen LogP contribution is -2.49. The SMILES string of the molecule is C=C/C(=C\C=C\N(N)CN(C)N)CC(=O)N1CCN(CCc2cc3c(cc2C)C(=O)OC3)CC1. The van der Waals surface area contributed by atoms with Gasteiger partial charge in [-0.2, -0.15) is 0 Å². The second kappa shape index (κ2) is 11.9. The molecule has 0 saturated carbocycles. The van der Waals surface area contributed by atoms with Crippen LogP contribution in [0.1, 0.15) is 33.5 Å². The Morgan fingerprint density at radius 2 is 1.97 bits per heavy atom. The molecule has 0 atom stereocenters. The number of amides is 1. The monoisotopic (exact) mass is 468 g/mol. The Morgan fingerprint density at radius 1 is 1.24 bits per heavy atom. The minimum atomic E-state index is -0.225. The van der Waals surface area contributed by atoms with Crippen molar-refractivity contribution in [2.24, 2.45) is 11.7 Å². The Hall–Kier alpha value is -2.98. The van der Waals surface area contributed by atoms with Crippen LogP contribution < -0.4 is 11.7 Å². The molecule has 1 aromatic carbocycles. The Bertz CT molecular complexity index is 964. The summed E-state index contributed by atoms with van der Waals surface area (Å²) in [6.45, 7) is 10.7. The topological polar surface area (TPSA) is 108 Å². The van der Waals surface area contributed by atoms with Gasteiger partial charge in [-0.1, -0.05) is 24.8 Å². The number of hydrogen-bond donors (Lipinski definition) is 2. The number of fused-ring (bicyclic) bond motifs is 1. The number of benzene rings is 1. The zero-order valence-electron chi connectivity index (χ0n) is 20.2. The van der Waals surface area contributed by atoms with Crippen molar-refractivity contribution in [2.45, 2.75) is 26.4 Å². The van der Waals surface area contributed by atoms with E-state index in [1.807, 2.05) is 24.0 Å². The molecule has 184 valence electrons. The van der Waals surface area contributed by atoms with Gasteiger partial charge in [0.1, 0.15) is 6.61 Å². The van der Waals surface area contributed by atoms with Crippen LogP contribution in [-0.4, -0.2) is 78.1 Å². The molecule has 2 aliphatic rings. The number of cyclic esters (lactones) is 1. The third-order valence-electron chi connectivity index (χ3n) is 6.15. The van der Waals surface area contributed by atoms with E-state index in [4.69, 9.17) is 16.4 Å². The van der Waals surface area contributed by atoms with Crippen molar-refractivity contribution in [1.82, 2.24) is 19.8 Å². The van der Waals surface area contributed by atoms with E-state index in [1.165, 1.54) is 15.6 Å². The van der Waals surface area contributed by atoms with Crippen LogP contribution >= 0.6 is 0 Å². The number of nitrogens with two attached hydrogens (primary N) is 2. The molecular formula is C25H36N6O3. The van der Waals surface area contributed by atoms with Crippen LogP contribution in [-0.2, 0) is 22.6 Å². The first-order chi connectivity index (χ1) is 16.3. The van der Waals surface area contributed by atoms with Gasteiger partial charge in [0, 0.05) is 51.5 Å². The molecule has 4 N–H and O–H groups in total. The molecule has 1 aromatic rings. The third-order valence-corrected chi connectivity index (χ3v) is 6.15. The van der Waals surface area contributed by atoms with Crippen LogP contribution in [0.25, 0.3) is 0 Å². The number of carbonyl (C=O) groups excluding carboxylic acids is 2. The summed E-state index contributed by atoms with van der Waals surface area (Å²) in [5.74, 6) is 11.2. The maximum atomic E-state index is 12.8. The van der Waals surface area contributed by atoms with Crippen LogP contribution in [0.15, 0.2) is 48.7 Å². The first-order valence-electron chi connectivity index (χ1n) is 11.5. The van der Waals surface area contributed by atoms with Gasteiger partial charge in [0.25, 0.3) is 0 Å². The van der Waals surface area contributed by atoms with Crippen molar-refractivity contribution in [3.63, 3.8) is 0 Å². The average molecular weight is 469 g/mol. The van der Waals surface area contributed by atoms with Crippen LogP contribution in [0.5, 0.6) is 0 Å². The highest BCUT2D eigenvalue weighted by atomic mass is 16.5. The predicted molar refractivity (Wildman–Crippen MR) is 132 cm³/mol. The van der Waals surface area contributed by atoms with Gasteiger partial charge in [-0.15, -0.1) is 0 Å². The number of hydrogen-bond acceptors (Lipinski definition) is 8. The van der Waals surface area contributed by atoms with E-state index in [1.54, 1.807) is 25.4 Å². The maximum Gasteiger partial charge on any atom is 0.338 e. The number of aryl methyl sites for hydroxylation is 1. The lowest BCUT2D eigenvalue weighted by molar-refractivity contribution is -0.132. The molecule has 1 saturated heterocycles. The molecule has 0 spiro atoms. The van der Waals surface area contributed by atoms with Crippen molar-refractivity contribution in [1.29, 1.82) is 0 Å². The molecular weight excluding hydrogens is 432 g/mol. The van der Waals surface area contributed by atoms with E-state index >= 15 is 0 Å². The minimum Gasteiger partial charge on any atom is -0.457 e. The third kappa shape index (κ3) is 7.01. The summed E-state index contributed by atoms with van der Waals surface area (Å²) in [5.41, 5.74) is 4.89. The van der Waals surface area contributed by atoms with Crippen LogP contribution in [0.2, 0.25) is 0 Å². The molecule has 1 amide bonds. The van der Waals surface area contributed by atoms with E-state index < -0.39 is 0 Å². The van der Waals surface area contributed by atoms with E-state index in [0.29, 0.717) is 38.3 Å². The van der Waals surface area contributed by atoms with Gasteiger partial charge in [0.2, 0.25) is 5.91 Å². The summed E-state index contributed by atoms with van der Waals surface area (Å²) >= 11 is 0. The second-order valence-corrected chi connectivity index (χ2v) is 8.86. The van der Waals surface area contributed by atoms with Gasteiger partial charge in [0.15, 0.2) is 0 Å². The van der Waals surface area contributed by atoms with E-state index in [-0.39, 0.29) is 11.9 Å². The summed E-state index contributed by atoms with van der Waals surface area (Å²) in [4.78, 5) is 28.8. The summed E-state index contributed by atoms with van der Waals surface area (Å²) in [6, 6.07) is 4.04. The van der Waals surface area contributed by atoms with E-state index in [0.717, 1.165) is 42.8 Å². The van der Waals surface area contributed by atoms with Gasteiger partial charge in [-0.25, -0.2) is 15.6 Å². The average Bonchev–Trinajstić information content (AvgIpc) is 3.16. The Kier molecular flexibility index (Phi) is 9.00. The smallest absolute Gasteiger partial charge is 0.338 e. The largest absolute Gasteiger partial charge is 0.457 e. The normalized spacial score (nSPS) is 16.8. The van der Waals surface area contributed by atoms with Crippen molar-refractivity contribution >= 4 is 11.9 Å². The molecule has 0 radical (unpaired) electrons. The molecule has 2 aliphatic heterocycles.